The number of fused-ring (bicyclic) bond motifs is 7. The maximum Gasteiger partial charge on any atom is 0.335 e. The predicted molar refractivity (Wildman–Crippen MR) is 296 cm³/mol. The van der Waals surface area contributed by atoms with E-state index >= 15 is 0 Å². The largest absolute Gasteiger partial charge is 0.479 e. The van der Waals surface area contributed by atoms with Gasteiger partial charge in [-0.15, -0.1) is 0 Å². The molecule has 4 saturated heterocycles. The number of carbonyl (C=O) groups excluding carboxylic acids is 2. The molecule has 0 spiro atoms. The summed E-state index contributed by atoms with van der Waals surface area (Å²) in [6.07, 6.45) is -35.5. The summed E-state index contributed by atoms with van der Waals surface area (Å²) in [5.74, 6) is -4.06. The molecule has 88 heavy (non-hydrogen) atoms. The second-order valence-corrected chi connectivity index (χ2v) is 27.9. The number of esters is 2. The average Bonchev–Trinajstić information content (AvgIpc) is 0.673. The number of ether oxygens (including phenoxy) is 10. The molecule has 15 N–H and O–H groups in total. The third-order valence-electron chi connectivity index (χ3n) is 22.8. The van der Waals surface area contributed by atoms with E-state index in [-0.39, 0.29) is 24.7 Å². The van der Waals surface area contributed by atoms with Crippen LogP contribution in [-0.4, -0.2) is 269 Å². The van der Waals surface area contributed by atoms with E-state index < -0.39 is 230 Å². The van der Waals surface area contributed by atoms with Crippen LogP contribution in [0.2, 0.25) is 0 Å². The summed E-state index contributed by atoms with van der Waals surface area (Å²) in [5.41, 5.74) is -4.12. The Hall–Kier alpha value is -2.99. The number of hydrogen-bond acceptors (Lipinski definition) is 27. The molecule has 502 valence electrons. The van der Waals surface area contributed by atoms with E-state index in [1.165, 1.54) is 6.92 Å². The Bertz CT molecular complexity index is 2570. The summed E-state index contributed by atoms with van der Waals surface area (Å²) < 4.78 is 60.9. The second-order valence-electron chi connectivity index (χ2n) is 27.9. The van der Waals surface area contributed by atoms with E-state index in [1.807, 2.05) is 20.8 Å². The average molecular weight is 1260 g/mol. The van der Waals surface area contributed by atoms with Gasteiger partial charge in [-0.3, -0.25) is 4.79 Å². The van der Waals surface area contributed by atoms with Crippen LogP contribution in [0.5, 0.6) is 0 Å². The van der Waals surface area contributed by atoms with Crippen molar-refractivity contribution in [1.82, 2.24) is 0 Å². The summed E-state index contributed by atoms with van der Waals surface area (Å²) in [4.78, 5) is 39.8. The molecule has 0 amide bonds. The van der Waals surface area contributed by atoms with Crippen molar-refractivity contribution in [2.45, 2.75) is 248 Å². The quantitative estimate of drug-likeness (QED) is 0.0320. The third-order valence-corrected chi connectivity index (χ3v) is 22.8. The first-order valence-electron chi connectivity index (χ1n) is 30.6. The monoisotopic (exact) mass is 1260 g/mol. The summed E-state index contributed by atoms with van der Waals surface area (Å²) in [5, 5.41) is 166. The fraction of sp³-hybridized carbons (Fsp3) is 0.883. The van der Waals surface area contributed by atoms with Gasteiger partial charge in [0, 0.05) is 23.3 Å². The van der Waals surface area contributed by atoms with Crippen LogP contribution >= 0.6 is 0 Å². The Morgan fingerprint density at radius 2 is 1.22 bits per heavy atom. The molecule has 0 unspecified atom stereocenters. The smallest absolute Gasteiger partial charge is 0.335 e. The van der Waals surface area contributed by atoms with Crippen molar-refractivity contribution < 1.29 is 138 Å². The van der Waals surface area contributed by atoms with Crippen LogP contribution in [0.1, 0.15) is 107 Å². The molecule has 9 rings (SSSR count). The van der Waals surface area contributed by atoms with Crippen molar-refractivity contribution in [2.75, 3.05) is 33.0 Å². The van der Waals surface area contributed by atoms with Crippen LogP contribution in [0.15, 0.2) is 23.3 Å². The molecule has 0 radical (unpaired) electrons. The molecule has 5 aliphatic carbocycles. The van der Waals surface area contributed by atoms with E-state index in [2.05, 4.69) is 26.8 Å². The molecule has 4 aliphatic heterocycles. The number of aliphatic hydroxyl groups excluding tert-OH is 14. The van der Waals surface area contributed by atoms with Crippen molar-refractivity contribution in [3.05, 3.63) is 23.3 Å². The summed E-state index contributed by atoms with van der Waals surface area (Å²) in [6.45, 7) is 13.2. The first-order chi connectivity index (χ1) is 41.2. The maximum atomic E-state index is 13.4. The van der Waals surface area contributed by atoms with Gasteiger partial charge >= 0.3 is 17.9 Å². The molecule has 0 aromatic rings. The normalized spacial score (nSPS) is 51.1. The third kappa shape index (κ3) is 11.3. The van der Waals surface area contributed by atoms with Crippen LogP contribution in [0.4, 0.5) is 0 Å². The standard InChI is InChI=1S/C60H94O28/c1-10-24(2)50(78)88-48-47(75)60(23-64)27(17-55(48,4)5)26-11-12-32-56(6)15-14-33(57(7,22-63)31(56)13-16-58(32,8)59(26,9)18-34(60)80-25(3)65)83-54-46(87-52-41(73)39(71)37(69)30(20-62)82-52)43(42(74)44(85-54)49(76)77)84-53-45(35(67)28(66)21-79-53)86-51-40(72)38(70)36(68)29(19-61)81-51/h10-11,27-48,51-54,61-64,66-75H,12-23H2,1-9H3,(H,76,77)/b24-10-/t27-,28-,29+,30+,31+,32+,33-,34+,35-,36+,37-,38-,39-,40+,41+,42-,43-,44-,45+,46+,47-,48-,51-,52-,53-,54+,56-,57-,58+,59+,60-/m0/s1. The Labute approximate surface area is 509 Å². The van der Waals surface area contributed by atoms with Crippen molar-refractivity contribution in [3.63, 3.8) is 0 Å². The van der Waals surface area contributed by atoms with E-state index in [0.29, 0.717) is 37.7 Å². The minimum atomic E-state index is -2.30. The van der Waals surface area contributed by atoms with Crippen molar-refractivity contribution in [2.24, 2.45) is 50.2 Å². The van der Waals surface area contributed by atoms with Gasteiger partial charge in [0.15, 0.2) is 31.3 Å². The lowest BCUT2D eigenvalue weighted by Crippen LogP contribution is -2.72. The molecular formula is C60H94O28. The lowest BCUT2D eigenvalue weighted by molar-refractivity contribution is -0.401. The molecule has 28 nitrogen and oxygen atoms in total. The topological polar surface area (TPSA) is 447 Å². The van der Waals surface area contributed by atoms with Gasteiger partial charge in [-0.05, 0) is 92.8 Å². The van der Waals surface area contributed by atoms with Crippen LogP contribution < -0.4 is 0 Å². The number of carbonyl (C=O) groups is 3. The first kappa shape index (κ1) is 69.4. The minimum absolute atomic E-state index is 0.141. The van der Waals surface area contributed by atoms with Gasteiger partial charge < -0.3 is 124 Å². The maximum absolute atomic E-state index is 13.4. The molecule has 28 heteroatoms. The Balaban J connectivity index is 1.06. The van der Waals surface area contributed by atoms with Crippen LogP contribution in [0.25, 0.3) is 0 Å². The van der Waals surface area contributed by atoms with E-state index in [9.17, 15) is 91.0 Å². The molecule has 31 atom stereocenters. The molecule has 4 saturated carbocycles. The van der Waals surface area contributed by atoms with Gasteiger partial charge in [0.1, 0.15) is 104 Å². The molecule has 8 fully saturated rings. The van der Waals surface area contributed by atoms with E-state index in [1.54, 1.807) is 19.9 Å². The zero-order valence-corrected chi connectivity index (χ0v) is 51.2. The summed E-state index contributed by atoms with van der Waals surface area (Å²) >= 11 is 0. The highest BCUT2D eigenvalue weighted by Crippen LogP contribution is 2.76. The number of carboxylic acids is 1. The zero-order chi connectivity index (χ0) is 64.9. The minimum Gasteiger partial charge on any atom is -0.479 e. The number of aliphatic carboxylic acids is 1. The van der Waals surface area contributed by atoms with Gasteiger partial charge in [0.2, 0.25) is 0 Å². The highest BCUT2D eigenvalue weighted by atomic mass is 16.8. The molecule has 0 bridgehead atoms. The van der Waals surface area contributed by atoms with E-state index in [0.717, 1.165) is 5.57 Å². The molecule has 0 aromatic heterocycles. The highest BCUT2D eigenvalue weighted by molar-refractivity contribution is 5.87. The van der Waals surface area contributed by atoms with Crippen molar-refractivity contribution >= 4 is 17.9 Å². The van der Waals surface area contributed by atoms with Gasteiger partial charge in [0.05, 0.1) is 44.6 Å². The van der Waals surface area contributed by atoms with Crippen LogP contribution in [0, 0.1) is 50.2 Å². The van der Waals surface area contributed by atoms with E-state index in [4.69, 9.17) is 47.4 Å². The van der Waals surface area contributed by atoms with Crippen LogP contribution in [0.3, 0.4) is 0 Å². The second kappa shape index (κ2) is 25.7. The van der Waals surface area contributed by atoms with Gasteiger partial charge in [0.25, 0.3) is 0 Å². The number of allylic oxidation sites excluding steroid dienone is 3. The van der Waals surface area contributed by atoms with Gasteiger partial charge in [-0.2, -0.15) is 0 Å². The number of aliphatic hydroxyl groups is 14. The lowest BCUT2D eigenvalue weighted by Gasteiger charge is -2.72. The Morgan fingerprint density at radius 1 is 0.625 bits per heavy atom. The Kier molecular flexibility index (Phi) is 20.3. The Morgan fingerprint density at radius 3 is 1.76 bits per heavy atom. The lowest BCUT2D eigenvalue weighted by atomic mass is 9.33. The predicted octanol–water partition coefficient (Wildman–Crippen LogP) is -2.86. The van der Waals surface area contributed by atoms with Crippen LogP contribution in [-0.2, 0) is 61.8 Å². The SMILES string of the molecule is C/C=C(/C)C(=O)O[C@H]1[C@H](O)[C@]2(CO)[C@H](OC(C)=O)C[C@]3(C)C(=CC[C@@H]4[C@@]5(C)CC[C@H](O[C@@H]6O[C@H](C(=O)O)[C@@H](O)[C@H](O[C@@H]7OC[C@H](O)[C@H](O)[C@H]7O[C@@H]7O[C@H](CO)[C@@H](O)[C@H](O)[C@H]7O)[C@H]6O[C@@H]6O[C@H](CO)[C@H](O)[C@H](O)[C@H]6O)[C@@](C)(CO)[C@@H]5CC[C@]43C)[C@@H]2CC1(C)C. The first-order valence-corrected chi connectivity index (χ1v) is 30.6. The fourth-order valence-corrected chi connectivity index (χ4v) is 17.4. The molecule has 4 heterocycles. The van der Waals surface area contributed by atoms with Gasteiger partial charge in [-0.25, -0.2) is 9.59 Å². The number of carboxylic acid groups (broad SMARTS) is 1. The molecular weight excluding hydrogens is 1170 g/mol. The van der Waals surface area contributed by atoms with Crippen molar-refractivity contribution in [1.29, 1.82) is 0 Å². The number of hydrogen-bond donors (Lipinski definition) is 15. The van der Waals surface area contributed by atoms with Gasteiger partial charge in [-0.1, -0.05) is 59.3 Å². The highest BCUT2D eigenvalue weighted by Gasteiger charge is 2.74. The number of rotatable bonds is 16. The zero-order valence-electron chi connectivity index (χ0n) is 51.2. The van der Waals surface area contributed by atoms with Crippen molar-refractivity contribution in [3.8, 4) is 0 Å². The summed E-state index contributed by atoms with van der Waals surface area (Å²) in [6, 6.07) is 0. The summed E-state index contributed by atoms with van der Waals surface area (Å²) in [7, 11) is 0. The molecule has 0 aromatic carbocycles. The molecule has 9 aliphatic rings. The fourth-order valence-electron chi connectivity index (χ4n) is 17.4.